The number of piperazine rings is 1. The molecule has 2 aromatic carbocycles. The molecular formula is C24H25ClF3N3O3S. The number of carboxylic acids is 1. The SMILES string of the molecule is C[C@@H]1CN(c2nc3ccc(C(F)(F)F)cc3s2)C[C@H](C)N1CCOc1cc(CC(=O)O)ccc1Cl. The van der Waals surface area contributed by atoms with Crippen molar-refractivity contribution in [2.24, 2.45) is 0 Å². The molecule has 0 aliphatic carbocycles. The van der Waals surface area contributed by atoms with Gasteiger partial charge in [0, 0.05) is 31.7 Å². The summed E-state index contributed by atoms with van der Waals surface area (Å²) in [6.07, 6.45) is -4.48. The van der Waals surface area contributed by atoms with Gasteiger partial charge in [0.2, 0.25) is 0 Å². The highest BCUT2D eigenvalue weighted by Crippen LogP contribution is 2.36. The van der Waals surface area contributed by atoms with E-state index in [1.54, 1.807) is 18.2 Å². The molecule has 1 aromatic heterocycles. The van der Waals surface area contributed by atoms with Gasteiger partial charge in [0.15, 0.2) is 5.13 Å². The molecule has 1 N–H and O–H groups in total. The maximum Gasteiger partial charge on any atom is 0.416 e. The van der Waals surface area contributed by atoms with Crippen LogP contribution in [0, 0.1) is 0 Å². The molecular weight excluding hydrogens is 503 g/mol. The molecule has 1 aliphatic heterocycles. The molecule has 1 aliphatic rings. The predicted molar refractivity (Wildman–Crippen MR) is 131 cm³/mol. The highest BCUT2D eigenvalue weighted by Gasteiger charge is 2.32. The van der Waals surface area contributed by atoms with E-state index >= 15 is 0 Å². The zero-order valence-corrected chi connectivity index (χ0v) is 20.8. The second kappa shape index (κ2) is 10.2. The van der Waals surface area contributed by atoms with E-state index in [4.69, 9.17) is 21.4 Å². The minimum Gasteiger partial charge on any atom is -0.491 e. The normalized spacial score (nSPS) is 19.3. The van der Waals surface area contributed by atoms with Crippen molar-refractivity contribution < 1.29 is 27.8 Å². The molecule has 1 saturated heterocycles. The fourth-order valence-electron chi connectivity index (χ4n) is 4.38. The van der Waals surface area contributed by atoms with E-state index in [1.165, 1.54) is 17.4 Å². The van der Waals surface area contributed by atoms with E-state index in [0.717, 1.165) is 17.3 Å². The van der Waals surface area contributed by atoms with Crippen molar-refractivity contribution in [1.82, 2.24) is 9.88 Å². The number of thiazole rings is 1. The molecule has 2 atom stereocenters. The quantitative estimate of drug-likeness (QED) is 0.433. The third-order valence-corrected chi connectivity index (χ3v) is 7.43. The van der Waals surface area contributed by atoms with E-state index in [1.807, 2.05) is 0 Å². The molecule has 0 unspecified atom stereocenters. The van der Waals surface area contributed by atoms with Gasteiger partial charge in [-0.15, -0.1) is 0 Å². The first kappa shape index (κ1) is 25.5. The molecule has 4 rings (SSSR count). The van der Waals surface area contributed by atoms with Crippen molar-refractivity contribution in [3.8, 4) is 5.75 Å². The van der Waals surface area contributed by atoms with Crippen molar-refractivity contribution >= 4 is 44.3 Å². The Morgan fingerprint density at radius 1 is 1.20 bits per heavy atom. The number of fused-ring (bicyclic) bond motifs is 1. The molecule has 0 saturated carbocycles. The number of anilines is 1. The van der Waals surface area contributed by atoms with E-state index < -0.39 is 17.7 Å². The van der Waals surface area contributed by atoms with Crippen LogP contribution in [0.25, 0.3) is 10.2 Å². The number of nitrogens with zero attached hydrogens (tertiary/aromatic N) is 3. The fraction of sp³-hybridized carbons (Fsp3) is 0.417. The highest BCUT2D eigenvalue weighted by molar-refractivity contribution is 7.22. The first-order valence-corrected chi connectivity index (χ1v) is 12.3. The van der Waals surface area contributed by atoms with Crippen LogP contribution in [0.2, 0.25) is 5.02 Å². The van der Waals surface area contributed by atoms with Gasteiger partial charge in [-0.2, -0.15) is 13.2 Å². The van der Waals surface area contributed by atoms with Gasteiger partial charge in [-0.1, -0.05) is 29.0 Å². The van der Waals surface area contributed by atoms with Crippen molar-refractivity contribution in [3.63, 3.8) is 0 Å². The zero-order valence-electron chi connectivity index (χ0n) is 19.2. The molecule has 11 heteroatoms. The Bertz CT molecular complexity index is 1210. The smallest absolute Gasteiger partial charge is 0.416 e. The van der Waals surface area contributed by atoms with E-state index in [2.05, 4.69) is 28.6 Å². The molecule has 0 amide bonds. The maximum absolute atomic E-state index is 13.1. The first-order chi connectivity index (χ1) is 16.5. The Balaban J connectivity index is 1.38. The lowest BCUT2D eigenvalue weighted by atomic mass is 10.1. The van der Waals surface area contributed by atoms with Gasteiger partial charge < -0.3 is 14.7 Å². The molecule has 0 spiro atoms. The van der Waals surface area contributed by atoms with Crippen molar-refractivity contribution in [3.05, 3.63) is 52.5 Å². The monoisotopic (exact) mass is 527 g/mol. The van der Waals surface area contributed by atoms with Crippen molar-refractivity contribution in [1.29, 1.82) is 0 Å². The number of carboxylic acid groups (broad SMARTS) is 1. The van der Waals surface area contributed by atoms with Crippen LogP contribution >= 0.6 is 22.9 Å². The highest BCUT2D eigenvalue weighted by atomic mass is 35.5. The summed E-state index contributed by atoms with van der Waals surface area (Å²) in [4.78, 5) is 20.0. The Morgan fingerprint density at radius 3 is 2.57 bits per heavy atom. The van der Waals surface area contributed by atoms with E-state index in [0.29, 0.717) is 52.8 Å². The molecule has 3 aromatic rings. The number of alkyl halides is 3. The number of carbonyl (C=O) groups is 1. The maximum atomic E-state index is 13.1. The molecule has 0 bridgehead atoms. The average molecular weight is 528 g/mol. The molecule has 188 valence electrons. The van der Waals surface area contributed by atoms with Crippen LogP contribution in [-0.4, -0.2) is 59.3 Å². The third-order valence-electron chi connectivity index (χ3n) is 6.03. The summed E-state index contributed by atoms with van der Waals surface area (Å²) in [5, 5.41) is 10.1. The summed E-state index contributed by atoms with van der Waals surface area (Å²) in [7, 11) is 0. The summed E-state index contributed by atoms with van der Waals surface area (Å²) in [6.45, 7) is 6.59. The Hall–Kier alpha value is -2.56. The van der Waals surface area contributed by atoms with Gasteiger partial charge in [0.05, 0.1) is 27.2 Å². The number of halogens is 4. The minimum atomic E-state index is -4.38. The number of hydrogen-bond acceptors (Lipinski definition) is 6. The van der Waals surface area contributed by atoms with Gasteiger partial charge in [-0.05, 0) is 49.7 Å². The second-order valence-corrected chi connectivity index (χ2v) is 10.1. The average Bonchev–Trinajstić information content (AvgIpc) is 3.20. The topological polar surface area (TPSA) is 65.9 Å². The van der Waals surface area contributed by atoms with Gasteiger partial charge >= 0.3 is 12.1 Å². The van der Waals surface area contributed by atoms with Gasteiger partial charge in [-0.3, -0.25) is 9.69 Å². The lowest BCUT2D eigenvalue weighted by Gasteiger charge is -2.44. The summed E-state index contributed by atoms with van der Waals surface area (Å²) in [5.74, 6) is -0.468. The Kier molecular flexibility index (Phi) is 7.44. The summed E-state index contributed by atoms with van der Waals surface area (Å²) in [5.41, 5.74) is 0.516. The number of benzene rings is 2. The molecule has 0 radical (unpaired) electrons. The van der Waals surface area contributed by atoms with E-state index in [-0.39, 0.29) is 18.5 Å². The predicted octanol–water partition coefficient (Wildman–Crippen LogP) is 5.57. The van der Waals surface area contributed by atoms with Crippen LogP contribution < -0.4 is 9.64 Å². The summed E-state index contributed by atoms with van der Waals surface area (Å²) in [6, 6.07) is 8.93. The van der Waals surface area contributed by atoms with E-state index in [9.17, 15) is 18.0 Å². The number of aromatic nitrogens is 1. The number of aliphatic carboxylic acids is 1. The molecule has 2 heterocycles. The molecule has 1 fully saturated rings. The van der Waals surface area contributed by atoms with Crippen LogP contribution in [0.5, 0.6) is 5.75 Å². The van der Waals surface area contributed by atoms with Crippen LogP contribution in [0.1, 0.15) is 25.0 Å². The van der Waals surface area contributed by atoms with Crippen molar-refractivity contribution in [2.75, 3.05) is 31.1 Å². The Morgan fingerprint density at radius 2 is 1.91 bits per heavy atom. The minimum absolute atomic E-state index is 0.104. The third kappa shape index (κ3) is 5.99. The van der Waals surface area contributed by atoms with Gasteiger partial charge in [0.25, 0.3) is 0 Å². The van der Waals surface area contributed by atoms with Crippen LogP contribution in [-0.2, 0) is 17.4 Å². The zero-order chi connectivity index (χ0) is 25.3. The lowest BCUT2D eigenvalue weighted by molar-refractivity contribution is -0.138. The van der Waals surface area contributed by atoms with Crippen LogP contribution in [0.3, 0.4) is 0 Å². The van der Waals surface area contributed by atoms with Gasteiger partial charge in [0.1, 0.15) is 12.4 Å². The number of hydrogen-bond donors (Lipinski definition) is 1. The lowest BCUT2D eigenvalue weighted by Crippen LogP contribution is -2.57. The molecule has 6 nitrogen and oxygen atoms in total. The number of rotatable bonds is 7. The first-order valence-electron chi connectivity index (χ1n) is 11.1. The number of ether oxygens (including phenoxy) is 1. The largest absolute Gasteiger partial charge is 0.491 e. The van der Waals surface area contributed by atoms with Crippen LogP contribution in [0.4, 0.5) is 18.3 Å². The fourth-order valence-corrected chi connectivity index (χ4v) is 5.58. The van der Waals surface area contributed by atoms with Crippen molar-refractivity contribution in [2.45, 2.75) is 38.5 Å². The van der Waals surface area contributed by atoms with Crippen LogP contribution in [0.15, 0.2) is 36.4 Å². The standard InChI is InChI=1S/C24H25ClF3N3O3S/c1-14-12-30(23-29-19-6-4-17(24(26,27)28)11-21(19)35-23)13-15(2)31(14)7-8-34-20-9-16(10-22(32)33)3-5-18(20)25/h3-6,9,11,14-15H,7-8,10,12-13H2,1-2H3,(H,32,33)/t14-,15+. The molecule has 35 heavy (non-hydrogen) atoms. The van der Waals surface area contributed by atoms with Gasteiger partial charge in [-0.25, -0.2) is 4.98 Å². The summed E-state index contributed by atoms with van der Waals surface area (Å²) >= 11 is 7.48. The Labute approximate surface area is 209 Å². The second-order valence-electron chi connectivity index (χ2n) is 8.70. The summed E-state index contributed by atoms with van der Waals surface area (Å²) < 4.78 is 45.5.